The first kappa shape index (κ1) is 16.8. The summed E-state index contributed by atoms with van der Waals surface area (Å²) in [5, 5.41) is 0. The van der Waals surface area contributed by atoms with E-state index in [1.165, 1.54) is 31.2 Å². The van der Waals surface area contributed by atoms with Gasteiger partial charge in [-0.2, -0.15) is 0 Å². The van der Waals surface area contributed by atoms with Crippen molar-refractivity contribution < 1.29 is 4.79 Å². The molecule has 4 rings (SSSR count). The summed E-state index contributed by atoms with van der Waals surface area (Å²) in [6.07, 6.45) is 11.8. The number of carbonyl (C=O) groups excluding carboxylic acids is 1. The van der Waals surface area contributed by atoms with Gasteiger partial charge in [0.25, 0.3) is 0 Å². The van der Waals surface area contributed by atoms with Gasteiger partial charge in [-0.1, -0.05) is 48.9 Å². The Labute approximate surface area is 151 Å². The third-order valence-electron chi connectivity index (χ3n) is 6.43. The van der Waals surface area contributed by atoms with Gasteiger partial charge >= 0.3 is 0 Å². The average Bonchev–Trinajstić information content (AvgIpc) is 3.00. The van der Waals surface area contributed by atoms with Crippen molar-refractivity contribution in [2.24, 2.45) is 11.3 Å². The van der Waals surface area contributed by atoms with Crippen LogP contribution in [0, 0.1) is 11.3 Å². The van der Waals surface area contributed by atoms with Crippen LogP contribution >= 0.6 is 0 Å². The van der Waals surface area contributed by atoms with Gasteiger partial charge in [0.05, 0.1) is 5.41 Å². The highest BCUT2D eigenvalue weighted by Gasteiger charge is 2.48. The van der Waals surface area contributed by atoms with Crippen molar-refractivity contribution in [2.45, 2.75) is 38.5 Å². The highest BCUT2D eigenvalue weighted by atomic mass is 16.2. The van der Waals surface area contributed by atoms with Crippen molar-refractivity contribution in [3.05, 3.63) is 42.0 Å². The molecule has 1 aliphatic carbocycles. The molecule has 0 bridgehead atoms. The zero-order chi connectivity index (χ0) is 17.1. The molecule has 3 fully saturated rings. The zero-order valence-electron chi connectivity index (χ0n) is 15.2. The molecule has 0 aromatic heterocycles. The van der Waals surface area contributed by atoms with Crippen molar-refractivity contribution in [3.63, 3.8) is 0 Å². The molecule has 1 spiro atoms. The molecule has 134 valence electrons. The van der Waals surface area contributed by atoms with Crippen LogP contribution in [-0.4, -0.2) is 48.4 Å². The van der Waals surface area contributed by atoms with Gasteiger partial charge in [0.2, 0.25) is 5.91 Å². The van der Waals surface area contributed by atoms with E-state index < -0.39 is 0 Å². The third-order valence-corrected chi connectivity index (χ3v) is 6.43. The fraction of sp³-hybridized carbons (Fsp3) is 0.591. The van der Waals surface area contributed by atoms with E-state index in [1.54, 1.807) is 0 Å². The van der Waals surface area contributed by atoms with Crippen LogP contribution in [0.5, 0.6) is 0 Å². The number of hydrogen-bond donors (Lipinski definition) is 0. The SMILES string of the molecule is O=C1N(CC2CCC2)CCC[C@@]12CCN(C/C=C/c1ccccc1)C2. The van der Waals surface area contributed by atoms with E-state index in [0.717, 1.165) is 51.5 Å². The van der Waals surface area contributed by atoms with Crippen LogP contribution in [0.4, 0.5) is 0 Å². The van der Waals surface area contributed by atoms with Crippen LogP contribution in [0.1, 0.15) is 44.1 Å². The molecule has 1 aromatic carbocycles. The smallest absolute Gasteiger partial charge is 0.230 e. The highest BCUT2D eigenvalue weighted by Crippen LogP contribution is 2.41. The van der Waals surface area contributed by atoms with Crippen molar-refractivity contribution >= 4 is 12.0 Å². The lowest BCUT2D eigenvalue weighted by Gasteiger charge is -2.42. The molecule has 2 saturated heterocycles. The second-order valence-corrected chi connectivity index (χ2v) is 8.23. The molecule has 1 atom stereocenters. The fourth-order valence-corrected chi connectivity index (χ4v) is 4.71. The number of benzene rings is 1. The largest absolute Gasteiger partial charge is 0.342 e. The van der Waals surface area contributed by atoms with Crippen molar-refractivity contribution in [1.82, 2.24) is 9.80 Å². The predicted molar refractivity (Wildman–Crippen MR) is 102 cm³/mol. The summed E-state index contributed by atoms with van der Waals surface area (Å²) in [4.78, 5) is 17.8. The predicted octanol–water partition coefficient (Wildman–Crippen LogP) is 3.81. The first-order valence-electron chi connectivity index (χ1n) is 9.99. The van der Waals surface area contributed by atoms with Crippen LogP contribution in [0.15, 0.2) is 36.4 Å². The maximum Gasteiger partial charge on any atom is 0.230 e. The van der Waals surface area contributed by atoms with E-state index in [2.05, 4.69) is 46.2 Å². The Morgan fingerprint density at radius 3 is 2.68 bits per heavy atom. The summed E-state index contributed by atoms with van der Waals surface area (Å²) >= 11 is 0. The Bertz CT molecular complexity index is 622. The topological polar surface area (TPSA) is 23.6 Å². The minimum atomic E-state index is -0.0808. The number of hydrogen-bond acceptors (Lipinski definition) is 2. The molecule has 0 N–H and O–H groups in total. The molecule has 2 aliphatic heterocycles. The Kier molecular flexibility index (Phi) is 4.93. The summed E-state index contributed by atoms with van der Waals surface area (Å²) in [6.45, 7) is 4.97. The number of likely N-dealkylation sites (tertiary alicyclic amines) is 2. The first-order valence-corrected chi connectivity index (χ1v) is 9.99. The van der Waals surface area contributed by atoms with Gasteiger partial charge in [-0.05, 0) is 50.1 Å². The third kappa shape index (κ3) is 3.67. The Morgan fingerprint density at radius 2 is 1.92 bits per heavy atom. The molecule has 1 saturated carbocycles. The van der Waals surface area contributed by atoms with E-state index in [-0.39, 0.29) is 5.41 Å². The van der Waals surface area contributed by atoms with E-state index >= 15 is 0 Å². The molecule has 1 amide bonds. The fourth-order valence-electron chi connectivity index (χ4n) is 4.71. The molecule has 0 radical (unpaired) electrons. The maximum absolute atomic E-state index is 13.1. The first-order chi connectivity index (χ1) is 12.3. The number of carbonyl (C=O) groups is 1. The van der Waals surface area contributed by atoms with Crippen LogP contribution in [-0.2, 0) is 4.79 Å². The molecule has 3 heteroatoms. The molecular weight excluding hydrogens is 308 g/mol. The van der Waals surface area contributed by atoms with E-state index in [4.69, 9.17) is 0 Å². The van der Waals surface area contributed by atoms with Gasteiger partial charge in [0.1, 0.15) is 0 Å². The Morgan fingerprint density at radius 1 is 1.08 bits per heavy atom. The van der Waals surface area contributed by atoms with Gasteiger partial charge < -0.3 is 4.90 Å². The monoisotopic (exact) mass is 338 g/mol. The molecular formula is C22H30N2O. The average molecular weight is 338 g/mol. The highest BCUT2D eigenvalue weighted by molar-refractivity contribution is 5.84. The van der Waals surface area contributed by atoms with Gasteiger partial charge in [-0.25, -0.2) is 0 Å². The second-order valence-electron chi connectivity index (χ2n) is 8.23. The molecule has 25 heavy (non-hydrogen) atoms. The molecule has 3 nitrogen and oxygen atoms in total. The molecule has 3 aliphatic rings. The zero-order valence-corrected chi connectivity index (χ0v) is 15.2. The van der Waals surface area contributed by atoms with Gasteiger partial charge in [0, 0.05) is 26.2 Å². The van der Waals surface area contributed by atoms with Gasteiger partial charge in [-0.3, -0.25) is 9.69 Å². The summed E-state index contributed by atoms with van der Waals surface area (Å²) in [6, 6.07) is 10.4. The lowest BCUT2D eigenvalue weighted by molar-refractivity contribution is -0.146. The van der Waals surface area contributed by atoms with Crippen LogP contribution in [0.3, 0.4) is 0 Å². The second kappa shape index (κ2) is 7.33. The summed E-state index contributed by atoms with van der Waals surface area (Å²) in [5.41, 5.74) is 1.17. The van der Waals surface area contributed by atoms with Crippen LogP contribution in [0.2, 0.25) is 0 Å². The molecule has 0 unspecified atom stereocenters. The Hall–Kier alpha value is -1.61. The molecule has 2 heterocycles. The summed E-state index contributed by atoms with van der Waals surface area (Å²) in [5.74, 6) is 1.24. The number of rotatable bonds is 5. The summed E-state index contributed by atoms with van der Waals surface area (Å²) < 4.78 is 0. The minimum Gasteiger partial charge on any atom is -0.342 e. The van der Waals surface area contributed by atoms with E-state index in [9.17, 15) is 4.79 Å². The van der Waals surface area contributed by atoms with E-state index in [0.29, 0.717) is 5.91 Å². The normalized spacial score (nSPS) is 28.2. The van der Waals surface area contributed by atoms with Crippen LogP contribution < -0.4 is 0 Å². The maximum atomic E-state index is 13.1. The quantitative estimate of drug-likeness (QED) is 0.815. The van der Waals surface area contributed by atoms with Crippen LogP contribution in [0.25, 0.3) is 6.08 Å². The minimum absolute atomic E-state index is 0.0808. The summed E-state index contributed by atoms with van der Waals surface area (Å²) in [7, 11) is 0. The van der Waals surface area contributed by atoms with Gasteiger partial charge in [0.15, 0.2) is 0 Å². The Balaban J connectivity index is 1.33. The number of amides is 1. The van der Waals surface area contributed by atoms with Crippen molar-refractivity contribution in [2.75, 3.05) is 32.7 Å². The van der Waals surface area contributed by atoms with Crippen molar-refractivity contribution in [1.29, 1.82) is 0 Å². The lowest BCUT2D eigenvalue weighted by atomic mass is 9.77. The standard InChI is InChI=1S/C22H30N2O/c25-21-22(12-6-15-24(21)17-20-9-4-10-20)13-16-23(18-22)14-5-11-19-7-2-1-3-8-19/h1-3,5,7-8,11,20H,4,6,9-10,12-18H2/b11-5+/t22-/m0/s1. The molecule has 1 aromatic rings. The number of nitrogens with zero attached hydrogens (tertiary/aromatic N) is 2. The van der Waals surface area contributed by atoms with Gasteiger partial charge in [-0.15, -0.1) is 0 Å². The lowest BCUT2D eigenvalue weighted by Crippen LogP contribution is -2.51. The van der Waals surface area contributed by atoms with E-state index in [1.807, 2.05) is 6.07 Å². The number of piperidine rings is 1. The van der Waals surface area contributed by atoms with Crippen molar-refractivity contribution in [3.8, 4) is 0 Å².